The molecule has 1 heterocycles. The molecule has 0 aromatic carbocycles. The minimum Gasteiger partial charge on any atom is -0.348 e. The van der Waals surface area contributed by atoms with Gasteiger partial charge in [0.15, 0.2) is 0 Å². The molecule has 0 atom stereocenters. The first-order chi connectivity index (χ1) is 7.43. The Morgan fingerprint density at radius 3 is 2.62 bits per heavy atom. The molecule has 0 unspecified atom stereocenters. The van der Waals surface area contributed by atoms with Crippen LogP contribution in [0.5, 0.6) is 0 Å². The number of rotatable bonds is 4. The van der Waals surface area contributed by atoms with Crippen molar-refractivity contribution in [3.63, 3.8) is 0 Å². The predicted molar refractivity (Wildman–Crippen MR) is 63.4 cm³/mol. The zero-order valence-corrected chi connectivity index (χ0v) is 10.8. The molecule has 1 aromatic rings. The fraction of sp³-hybridized carbons (Fsp3) is 0.600. The number of nitrogens with one attached hydrogen (secondary N) is 1. The summed E-state index contributed by atoms with van der Waals surface area (Å²) in [4.78, 5) is 12.9. The predicted octanol–water partition coefficient (Wildman–Crippen LogP) is 0.560. The van der Waals surface area contributed by atoms with E-state index in [9.17, 15) is 4.79 Å². The Morgan fingerprint density at radius 1 is 1.56 bits per heavy atom. The monoisotopic (exact) mass is 244 g/mol. The normalized spacial score (nSPS) is 10.6. The van der Waals surface area contributed by atoms with Crippen LogP contribution >= 0.6 is 11.6 Å². The van der Waals surface area contributed by atoms with Crippen LogP contribution in [0.4, 0.5) is 0 Å². The molecule has 5 nitrogen and oxygen atoms in total. The Labute approximate surface area is 100 Å². The van der Waals surface area contributed by atoms with E-state index in [4.69, 9.17) is 11.6 Å². The Kier molecular flexibility index (Phi) is 4.32. The van der Waals surface area contributed by atoms with E-state index in [0.717, 1.165) is 11.4 Å². The number of hydrogen-bond acceptors (Lipinski definition) is 3. The maximum absolute atomic E-state index is 11.3. The number of aromatic nitrogens is 2. The summed E-state index contributed by atoms with van der Waals surface area (Å²) in [5.74, 6) is 0.0370. The van der Waals surface area contributed by atoms with E-state index in [1.165, 1.54) is 0 Å². The van der Waals surface area contributed by atoms with Crippen molar-refractivity contribution in [2.24, 2.45) is 7.05 Å². The number of nitrogens with zero attached hydrogens (tertiary/aromatic N) is 3. The van der Waals surface area contributed by atoms with Crippen molar-refractivity contribution in [1.82, 2.24) is 20.0 Å². The lowest BCUT2D eigenvalue weighted by Gasteiger charge is -2.11. The van der Waals surface area contributed by atoms with Gasteiger partial charge in [-0.3, -0.25) is 9.48 Å². The number of aryl methyl sites for hydroxylation is 2. The molecular formula is C10H17ClN4O. The highest BCUT2D eigenvalue weighted by Crippen LogP contribution is 2.18. The summed E-state index contributed by atoms with van der Waals surface area (Å²) < 4.78 is 1.73. The first kappa shape index (κ1) is 13.0. The quantitative estimate of drug-likeness (QED) is 0.842. The average Bonchev–Trinajstić information content (AvgIpc) is 2.44. The zero-order chi connectivity index (χ0) is 12.3. The summed E-state index contributed by atoms with van der Waals surface area (Å²) in [6, 6.07) is 0. The van der Waals surface area contributed by atoms with Gasteiger partial charge >= 0.3 is 0 Å². The lowest BCUT2D eigenvalue weighted by Crippen LogP contribution is -2.33. The maximum Gasteiger partial charge on any atom is 0.236 e. The third-order valence-electron chi connectivity index (χ3n) is 2.33. The van der Waals surface area contributed by atoms with Crippen LogP contribution in [0.25, 0.3) is 0 Å². The van der Waals surface area contributed by atoms with Gasteiger partial charge in [0, 0.05) is 27.7 Å². The third-order valence-corrected chi connectivity index (χ3v) is 2.82. The smallest absolute Gasteiger partial charge is 0.236 e. The standard InChI is InChI=1S/C10H17ClN4O/c1-7-10(11)8(15(4)13-7)5-12-6-9(16)14(2)3/h12H,5-6H2,1-4H3. The van der Waals surface area contributed by atoms with Crippen molar-refractivity contribution in [2.45, 2.75) is 13.5 Å². The van der Waals surface area contributed by atoms with Gasteiger partial charge < -0.3 is 10.2 Å². The molecule has 0 aliphatic heterocycles. The van der Waals surface area contributed by atoms with Crippen LogP contribution in [0, 0.1) is 6.92 Å². The molecule has 1 aromatic heterocycles. The maximum atomic E-state index is 11.3. The minimum atomic E-state index is 0.0370. The SMILES string of the molecule is Cc1nn(C)c(CNCC(=O)N(C)C)c1Cl. The fourth-order valence-electron chi connectivity index (χ4n) is 1.32. The summed E-state index contributed by atoms with van der Waals surface area (Å²) >= 11 is 6.07. The van der Waals surface area contributed by atoms with Crippen LogP contribution in [0.1, 0.15) is 11.4 Å². The Bertz CT molecular complexity index is 386. The van der Waals surface area contributed by atoms with Crippen LogP contribution in [-0.2, 0) is 18.4 Å². The summed E-state index contributed by atoms with van der Waals surface area (Å²) in [6.45, 7) is 2.69. The van der Waals surface area contributed by atoms with Crippen molar-refractivity contribution in [1.29, 1.82) is 0 Å². The number of hydrogen-bond donors (Lipinski definition) is 1. The van der Waals surface area contributed by atoms with Crippen LogP contribution in [-0.4, -0.2) is 41.2 Å². The van der Waals surface area contributed by atoms with Gasteiger partial charge in [-0.1, -0.05) is 11.6 Å². The molecule has 0 aliphatic rings. The molecule has 1 rings (SSSR count). The van der Waals surface area contributed by atoms with Crippen molar-refractivity contribution >= 4 is 17.5 Å². The van der Waals surface area contributed by atoms with Gasteiger partial charge in [0.2, 0.25) is 5.91 Å². The second kappa shape index (κ2) is 5.32. The molecule has 90 valence electrons. The summed E-state index contributed by atoms with van der Waals surface area (Å²) in [7, 11) is 5.29. The number of carbonyl (C=O) groups excluding carboxylic acids is 1. The van der Waals surface area contributed by atoms with Gasteiger partial charge in [-0.25, -0.2) is 0 Å². The van der Waals surface area contributed by atoms with E-state index in [1.807, 2.05) is 14.0 Å². The van der Waals surface area contributed by atoms with Crippen molar-refractivity contribution < 1.29 is 4.79 Å². The minimum absolute atomic E-state index is 0.0370. The van der Waals surface area contributed by atoms with Gasteiger partial charge in [-0.2, -0.15) is 5.10 Å². The van der Waals surface area contributed by atoms with E-state index >= 15 is 0 Å². The largest absolute Gasteiger partial charge is 0.348 e. The second-order valence-corrected chi connectivity index (χ2v) is 4.24. The second-order valence-electron chi connectivity index (χ2n) is 3.86. The molecule has 0 saturated carbocycles. The lowest BCUT2D eigenvalue weighted by molar-refractivity contribution is -0.127. The van der Waals surface area contributed by atoms with Crippen molar-refractivity contribution in [3.05, 3.63) is 16.4 Å². The van der Waals surface area contributed by atoms with Gasteiger partial charge in [-0.15, -0.1) is 0 Å². The first-order valence-corrected chi connectivity index (χ1v) is 5.40. The topological polar surface area (TPSA) is 50.2 Å². The number of likely N-dealkylation sites (N-methyl/N-ethyl adjacent to an activating group) is 1. The van der Waals surface area contributed by atoms with Gasteiger partial charge in [-0.05, 0) is 6.92 Å². The number of carbonyl (C=O) groups is 1. The fourth-order valence-corrected chi connectivity index (χ4v) is 1.55. The van der Waals surface area contributed by atoms with Crippen LogP contribution in [0.2, 0.25) is 5.02 Å². The van der Waals surface area contributed by atoms with E-state index in [2.05, 4.69) is 10.4 Å². The first-order valence-electron chi connectivity index (χ1n) is 5.02. The summed E-state index contributed by atoms with van der Waals surface area (Å²) in [5.41, 5.74) is 1.70. The van der Waals surface area contributed by atoms with E-state index in [-0.39, 0.29) is 5.91 Å². The van der Waals surface area contributed by atoms with E-state index < -0.39 is 0 Å². The van der Waals surface area contributed by atoms with E-state index in [1.54, 1.807) is 23.7 Å². The van der Waals surface area contributed by atoms with Crippen LogP contribution < -0.4 is 5.32 Å². The molecule has 1 amide bonds. The zero-order valence-electron chi connectivity index (χ0n) is 10.0. The highest BCUT2D eigenvalue weighted by molar-refractivity contribution is 6.31. The molecule has 6 heteroatoms. The average molecular weight is 245 g/mol. The molecule has 0 aliphatic carbocycles. The summed E-state index contributed by atoms with van der Waals surface area (Å²) in [6.07, 6.45) is 0. The molecule has 1 N–H and O–H groups in total. The van der Waals surface area contributed by atoms with Crippen molar-refractivity contribution in [3.8, 4) is 0 Å². The number of amides is 1. The van der Waals surface area contributed by atoms with Gasteiger partial charge in [0.05, 0.1) is 23.0 Å². The third kappa shape index (κ3) is 2.96. The lowest BCUT2D eigenvalue weighted by atomic mass is 10.3. The molecule has 0 fully saturated rings. The highest BCUT2D eigenvalue weighted by atomic mass is 35.5. The Morgan fingerprint density at radius 2 is 2.19 bits per heavy atom. The number of halogens is 1. The molecule has 16 heavy (non-hydrogen) atoms. The van der Waals surface area contributed by atoms with E-state index in [0.29, 0.717) is 18.1 Å². The summed E-state index contributed by atoms with van der Waals surface area (Å²) in [5, 5.41) is 7.89. The highest BCUT2D eigenvalue weighted by Gasteiger charge is 2.11. The van der Waals surface area contributed by atoms with Crippen molar-refractivity contribution in [2.75, 3.05) is 20.6 Å². The Balaban J connectivity index is 2.52. The molecule has 0 saturated heterocycles. The molecule has 0 spiro atoms. The van der Waals surface area contributed by atoms with Crippen LogP contribution in [0.3, 0.4) is 0 Å². The molecule has 0 bridgehead atoms. The van der Waals surface area contributed by atoms with Gasteiger partial charge in [0.25, 0.3) is 0 Å². The van der Waals surface area contributed by atoms with Gasteiger partial charge in [0.1, 0.15) is 0 Å². The molecular weight excluding hydrogens is 228 g/mol. The Hall–Kier alpha value is -1.07. The molecule has 0 radical (unpaired) electrons. The van der Waals surface area contributed by atoms with Crippen LogP contribution in [0.15, 0.2) is 0 Å².